The van der Waals surface area contributed by atoms with Gasteiger partial charge in [-0.3, -0.25) is 4.79 Å². The maximum Gasteiger partial charge on any atom is 0.232 e. The summed E-state index contributed by atoms with van der Waals surface area (Å²) in [5.74, 6) is -0.535. The van der Waals surface area contributed by atoms with Gasteiger partial charge < -0.3 is 11.5 Å². The highest BCUT2D eigenvalue weighted by Gasteiger charge is 2.29. The summed E-state index contributed by atoms with van der Waals surface area (Å²) in [5.41, 5.74) is 10.4. The summed E-state index contributed by atoms with van der Waals surface area (Å²) in [6.45, 7) is 5.27. The lowest BCUT2D eigenvalue weighted by molar-refractivity contribution is -0.118. The van der Waals surface area contributed by atoms with Crippen LogP contribution < -0.4 is 11.5 Å². The van der Waals surface area contributed by atoms with Crippen molar-refractivity contribution in [2.45, 2.75) is 26.0 Å². The van der Waals surface area contributed by atoms with E-state index in [4.69, 9.17) is 11.5 Å². The smallest absolute Gasteiger partial charge is 0.232 e. The molecule has 1 unspecified atom stereocenters. The van der Waals surface area contributed by atoms with Crippen LogP contribution in [0.5, 0.6) is 0 Å². The molecule has 16 heavy (non-hydrogen) atoms. The van der Waals surface area contributed by atoms with Crippen molar-refractivity contribution in [3.8, 4) is 0 Å². The van der Waals surface area contributed by atoms with Crippen LogP contribution in [0.1, 0.15) is 20.8 Å². The van der Waals surface area contributed by atoms with E-state index in [2.05, 4.69) is 0 Å². The number of hydrogen-bond acceptors (Lipinski definition) is 4. The van der Waals surface area contributed by atoms with Crippen LogP contribution in [0.15, 0.2) is 0 Å². The van der Waals surface area contributed by atoms with E-state index in [9.17, 15) is 13.2 Å². The van der Waals surface area contributed by atoms with Gasteiger partial charge in [-0.25, -0.2) is 8.42 Å². The highest BCUT2D eigenvalue weighted by Crippen LogP contribution is 2.10. The molecular weight excluding hydrogens is 230 g/mol. The molecule has 0 saturated heterocycles. The Hall–Kier alpha value is -0.660. The lowest BCUT2D eigenvalue weighted by atomic mass is 10.2. The predicted molar refractivity (Wildman–Crippen MR) is 63.0 cm³/mol. The number of nitrogens with two attached hydrogens (primary N) is 2. The molecular formula is C9H21N3O3S. The molecule has 0 aromatic heterocycles. The third-order valence-corrected chi connectivity index (χ3v) is 4.31. The molecule has 0 radical (unpaired) electrons. The fraction of sp³-hybridized carbons (Fsp3) is 0.889. The van der Waals surface area contributed by atoms with E-state index in [1.165, 1.54) is 6.92 Å². The SMILES string of the molecule is CC(C)CN(CC(N)=O)S(=O)(=O)C(C)CN. The van der Waals surface area contributed by atoms with Crippen LogP contribution in [-0.2, 0) is 14.8 Å². The van der Waals surface area contributed by atoms with E-state index < -0.39 is 21.2 Å². The normalized spacial score (nSPS) is 14.4. The molecule has 0 aliphatic heterocycles. The van der Waals surface area contributed by atoms with Crippen LogP contribution in [0.2, 0.25) is 0 Å². The first-order valence-electron chi connectivity index (χ1n) is 5.19. The Balaban J connectivity index is 4.94. The van der Waals surface area contributed by atoms with Gasteiger partial charge in [0.05, 0.1) is 11.8 Å². The van der Waals surface area contributed by atoms with E-state index >= 15 is 0 Å². The van der Waals surface area contributed by atoms with Crippen LogP contribution >= 0.6 is 0 Å². The zero-order chi connectivity index (χ0) is 12.9. The number of nitrogens with zero attached hydrogens (tertiary/aromatic N) is 1. The van der Waals surface area contributed by atoms with Crippen molar-refractivity contribution >= 4 is 15.9 Å². The third-order valence-electron chi connectivity index (χ3n) is 2.10. The van der Waals surface area contributed by atoms with Gasteiger partial charge in [-0.05, 0) is 12.8 Å². The molecule has 0 rings (SSSR count). The number of rotatable bonds is 7. The number of hydrogen-bond donors (Lipinski definition) is 2. The standard InChI is InChI=1S/C9H21N3O3S/c1-7(2)5-12(6-9(11)13)16(14,15)8(3)4-10/h7-8H,4-6,10H2,1-3H3,(H2,11,13). The third kappa shape index (κ3) is 4.46. The van der Waals surface area contributed by atoms with Crippen LogP contribution in [-0.4, -0.2) is 43.5 Å². The van der Waals surface area contributed by atoms with Crippen molar-refractivity contribution in [2.75, 3.05) is 19.6 Å². The second-order valence-corrected chi connectivity index (χ2v) is 6.60. The minimum Gasteiger partial charge on any atom is -0.369 e. The van der Waals surface area contributed by atoms with Crippen molar-refractivity contribution in [1.82, 2.24) is 4.31 Å². The van der Waals surface area contributed by atoms with Crippen molar-refractivity contribution in [2.24, 2.45) is 17.4 Å². The molecule has 1 atom stereocenters. The van der Waals surface area contributed by atoms with Crippen molar-refractivity contribution < 1.29 is 13.2 Å². The Bertz CT molecular complexity index is 327. The average molecular weight is 251 g/mol. The molecule has 6 nitrogen and oxygen atoms in total. The van der Waals surface area contributed by atoms with Gasteiger partial charge in [0.25, 0.3) is 0 Å². The van der Waals surface area contributed by atoms with Crippen LogP contribution in [0, 0.1) is 5.92 Å². The predicted octanol–water partition coefficient (Wildman–Crippen LogP) is -0.893. The van der Waals surface area contributed by atoms with Gasteiger partial charge in [0.15, 0.2) is 0 Å². The van der Waals surface area contributed by atoms with E-state index in [-0.39, 0.29) is 25.6 Å². The van der Waals surface area contributed by atoms with Crippen molar-refractivity contribution in [1.29, 1.82) is 0 Å². The zero-order valence-electron chi connectivity index (χ0n) is 10.0. The zero-order valence-corrected chi connectivity index (χ0v) is 10.8. The Morgan fingerprint density at radius 2 is 1.81 bits per heavy atom. The quantitative estimate of drug-likeness (QED) is 0.612. The molecule has 0 aromatic carbocycles. The van der Waals surface area contributed by atoms with Crippen molar-refractivity contribution in [3.05, 3.63) is 0 Å². The maximum absolute atomic E-state index is 12.0. The highest BCUT2D eigenvalue weighted by atomic mass is 32.2. The number of sulfonamides is 1. The number of primary amides is 1. The topological polar surface area (TPSA) is 106 Å². The summed E-state index contributed by atoms with van der Waals surface area (Å²) in [4.78, 5) is 10.8. The summed E-state index contributed by atoms with van der Waals surface area (Å²) in [5, 5.41) is -0.703. The summed E-state index contributed by atoms with van der Waals surface area (Å²) in [6, 6.07) is 0. The van der Waals surface area contributed by atoms with Gasteiger partial charge in [0.2, 0.25) is 15.9 Å². The number of amides is 1. The van der Waals surface area contributed by atoms with Crippen LogP contribution in [0.3, 0.4) is 0 Å². The molecule has 96 valence electrons. The number of carbonyl (C=O) groups is 1. The molecule has 0 heterocycles. The van der Waals surface area contributed by atoms with Gasteiger partial charge in [-0.15, -0.1) is 0 Å². The monoisotopic (exact) mass is 251 g/mol. The Morgan fingerprint density at radius 3 is 2.12 bits per heavy atom. The summed E-state index contributed by atoms with van der Waals surface area (Å²) in [6.07, 6.45) is 0. The fourth-order valence-corrected chi connectivity index (χ4v) is 2.78. The first kappa shape index (κ1) is 15.3. The van der Waals surface area contributed by atoms with Gasteiger partial charge in [-0.2, -0.15) is 4.31 Å². The van der Waals surface area contributed by atoms with E-state index in [0.29, 0.717) is 0 Å². The summed E-state index contributed by atoms with van der Waals surface area (Å²) in [7, 11) is -3.53. The highest BCUT2D eigenvalue weighted by molar-refractivity contribution is 7.89. The Labute approximate surface area is 97.0 Å². The molecule has 4 N–H and O–H groups in total. The average Bonchev–Trinajstić information content (AvgIpc) is 2.13. The molecule has 1 amide bonds. The van der Waals surface area contributed by atoms with E-state index in [1.807, 2.05) is 13.8 Å². The molecule has 0 fully saturated rings. The van der Waals surface area contributed by atoms with Gasteiger partial charge in [-0.1, -0.05) is 13.8 Å². The minimum atomic E-state index is -3.53. The van der Waals surface area contributed by atoms with Crippen LogP contribution in [0.4, 0.5) is 0 Å². The molecule has 7 heteroatoms. The van der Waals surface area contributed by atoms with Crippen molar-refractivity contribution in [3.63, 3.8) is 0 Å². The molecule has 0 aliphatic carbocycles. The molecule has 0 spiro atoms. The first-order valence-corrected chi connectivity index (χ1v) is 6.69. The lowest BCUT2D eigenvalue weighted by Crippen LogP contribution is -2.46. The van der Waals surface area contributed by atoms with E-state index in [0.717, 1.165) is 4.31 Å². The molecule has 0 bridgehead atoms. The first-order chi connectivity index (χ1) is 7.21. The van der Waals surface area contributed by atoms with Gasteiger partial charge >= 0.3 is 0 Å². The fourth-order valence-electron chi connectivity index (χ4n) is 1.22. The summed E-state index contributed by atoms with van der Waals surface area (Å²) < 4.78 is 25.1. The molecule has 0 saturated carbocycles. The van der Waals surface area contributed by atoms with Gasteiger partial charge in [0, 0.05) is 13.1 Å². The van der Waals surface area contributed by atoms with Gasteiger partial charge in [0.1, 0.15) is 0 Å². The second kappa shape index (κ2) is 6.17. The second-order valence-electron chi connectivity index (χ2n) is 4.24. The minimum absolute atomic E-state index is 0.0235. The maximum atomic E-state index is 12.0. The largest absolute Gasteiger partial charge is 0.369 e. The molecule has 0 aliphatic rings. The Kier molecular flexibility index (Phi) is 5.91. The number of carbonyl (C=O) groups excluding carboxylic acids is 1. The lowest BCUT2D eigenvalue weighted by Gasteiger charge is -2.25. The Morgan fingerprint density at radius 1 is 1.31 bits per heavy atom. The van der Waals surface area contributed by atoms with Crippen LogP contribution in [0.25, 0.3) is 0 Å². The molecule has 0 aromatic rings. The van der Waals surface area contributed by atoms with E-state index in [1.54, 1.807) is 0 Å². The summed E-state index contributed by atoms with van der Waals surface area (Å²) >= 11 is 0.